The van der Waals surface area contributed by atoms with Gasteiger partial charge in [0.2, 0.25) is 0 Å². The molecule has 1 heterocycles. The first-order valence-corrected chi connectivity index (χ1v) is 9.92. The van der Waals surface area contributed by atoms with Crippen LogP contribution in [0.25, 0.3) is 0 Å². The Labute approximate surface area is 168 Å². The number of hydrogen-bond acceptors (Lipinski definition) is 5. The van der Waals surface area contributed by atoms with Gasteiger partial charge in [0, 0.05) is 25.8 Å². The number of likely N-dealkylation sites (tertiary alicyclic amines) is 1. The van der Waals surface area contributed by atoms with E-state index in [1.54, 1.807) is 18.2 Å². The number of aldehydes is 1. The normalized spacial score (nSPS) is 15.6. The third-order valence-electron chi connectivity index (χ3n) is 5.00. The summed E-state index contributed by atoms with van der Waals surface area (Å²) in [4.78, 5) is 25.2. The summed E-state index contributed by atoms with van der Waals surface area (Å²) in [6, 6.07) is 6.49. The van der Waals surface area contributed by atoms with E-state index in [1.807, 2.05) is 27.1 Å². The highest BCUT2D eigenvalue weighted by molar-refractivity contribution is 5.81. The maximum atomic E-state index is 13.6. The number of carbonyl (C=O) groups is 2. The van der Waals surface area contributed by atoms with E-state index in [9.17, 15) is 14.0 Å². The molecule has 1 aromatic rings. The van der Waals surface area contributed by atoms with Crippen molar-refractivity contribution in [2.45, 2.75) is 39.0 Å². The van der Waals surface area contributed by atoms with Crippen molar-refractivity contribution in [1.29, 1.82) is 0 Å². The number of Topliss-reactive ketones (excluding diaryl/α,β-unsaturated/α-hetero) is 1. The number of allylic oxidation sites excluding steroid dienone is 1. The van der Waals surface area contributed by atoms with Crippen molar-refractivity contribution < 1.29 is 14.0 Å². The minimum Gasteiger partial charge on any atom is -0.303 e. The van der Waals surface area contributed by atoms with E-state index in [2.05, 4.69) is 15.8 Å². The summed E-state index contributed by atoms with van der Waals surface area (Å²) in [7, 11) is 3.64. The Kier molecular flexibility index (Phi) is 12.2. The second kappa shape index (κ2) is 14.2. The third kappa shape index (κ3) is 9.35. The number of ketones is 1. The summed E-state index contributed by atoms with van der Waals surface area (Å²) in [5.74, 6) is 0.212. The van der Waals surface area contributed by atoms with Crippen molar-refractivity contribution in [1.82, 2.24) is 15.8 Å². The van der Waals surface area contributed by atoms with Crippen LogP contribution in [0.5, 0.6) is 0 Å². The van der Waals surface area contributed by atoms with Gasteiger partial charge in [-0.1, -0.05) is 29.8 Å². The SMILES string of the molecule is C/C=C(\CC=O)CN1CCC(CC(=O)Cc2ccccc2F)CC1.CNNC. The van der Waals surface area contributed by atoms with Gasteiger partial charge in [0.05, 0.1) is 0 Å². The lowest BCUT2D eigenvalue weighted by atomic mass is 9.90. The maximum Gasteiger partial charge on any atom is 0.137 e. The van der Waals surface area contributed by atoms with Crippen molar-refractivity contribution in [3.05, 3.63) is 47.3 Å². The minimum atomic E-state index is -0.297. The maximum absolute atomic E-state index is 13.6. The molecule has 6 heteroatoms. The van der Waals surface area contributed by atoms with Crippen molar-refractivity contribution in [3.8, 4) is 0 Å². The molecule has 1 fully saturated rings. The smallest absolute Gasteiger partial charge is 0.137 e. The molecule has 0 radical (unpaired) electrons. The first-order chi connectivity index (χ1) is 13.5. The molecular weight excluding hydrogens is 357 g/mol. The van der Waals surface area contributed by atoms with Crippen LogP contribution in [0.2, 0.25) is 0 Å². The van der Waals surface area contributed by atoms with Gasteiger partial charge in [0.1, 0.15) is 17.9 Å². The Morgan fingerprint density at radius 1 is 1.21 bits per heavy atom. The number of nitrogens with zero attached hydrogens (tertiary/aromatic N) is 1. The van der Waals surface area contributed by atoms with Gasteiger partial charge in [0.15, 0.2) is 0 Å². The van der Waals surface area contributed by atoms with Gasteiger partial charge >= 0.3 is 0 Å². The highest BCUT2D eigenvalue weighted by atomic mass is 19.1. The lowest BCUT2D eigenvalue weighted by molar-refractivity contribution is -0.119. The Hall–Kier alpha value is -1.89. The Morgan fingerprint density at radius 3 is 2.39 bits per heavy atom. The molecule has 1 aliphatic rings. The zero-order chi connectivity index (χ0) is 20.8. The van der Waals surface area contributed by atoms with Gasteiger partial charge in [-0.3, -0.25) is 20.5 Å². The number of rotatable bonds is 9. The molecule has 156 valence electrons. The molecule has 0 bridgehead atoms. The van der Waals surface area contributed by atoms with Crippen molar-refractivity contribution in [3.63, 3.8) is 0 Å². The fourth-order valence-electron chi connectivity index (χ4n) is 3.26. The minimum absolute atomic E-state index is 0.119. The molecule has 28 heavy (non-hydrogen) atoms. The average Bonchev–Trinajstić information content (AvgIpc) is 2.71. The van der Waals surface area contributed by atoms with Gasteiger partial charge in [-0.2, -0.15) is 0 Å². The number of halogens is 1. The zero-order valence-corrected chi connectivity index (χ0v) is 17.3. The van der Waals surface area contributed by atoms with Crippen molar-refractivity contribution >= 4 is 12.1 Å². The van der Waals surface area contributed by atoms with Crippen molar-refractivity contribution in [2.75, 3.05) is 33.7 Å². The molecule has 0 saturated carbocycles. The summed E-state index contributed by atoms with van der Waals surface area (Å²) in [5.41, 5.74) is 7.01. The second-order valence-electron chi connectivity index (χ2n) is 7.05. The van der Waals surface area contributed by atoms with Gasteiger partial charge in [-0.25, -0.2) is 4.39 Å². The number of piperidine rings is 1. The molecule has 0 amide bonds. The van der Waals surface area contributed by atoms with E-state index in [0.717, 1.165) is 44.3 Å². The zero-order valence-electron chi connectivity index (χ0n) is 17.3. The molecule has 0 aromatic heterocycles. The van der Waals surface area contributed by atoms with Crippen molar-refractivity contribution in [2.24, 2.45) is 5.92 Å². The van der Waals surface area contributed by atoms with Crippen LogP contribution in [-0.2, 0) is 16.0 Å². The summed E-state index contributed by atoms with van der Waals surface area (Å²) in [5, 5.41) is 0. The van der Waals surface area contributed by atoms with Gasteiger partial charge in [-0.05, 0) is 64.5 Å². The van der Waals surface area contributed by atoms with E-state index < -0.39 is 0 Å². The Morgan fingerprint density at radius 2 is 1.86 bits per heavy atom. The number of nitrogens with one attached hydrogen (secondary N) is 2. The van der Waals surface area contributed by atoms with E-state index in [4.69, 9.17) is 0 Å². The number of hydrogen-bond donors (Lipinski definition) is 2. The predicted molar refractivity (Wildman–Crippen MR) is 111 cm³/mol. The first-order valence-electron chi connectivity index (χ1n) is 9.92. The predicted octanol–water partition coefficient (Wildman–Crippen LogP) is 2.91. The molecule has 5 nitrogen and oxygen atoms in total. The molecule has 0 aliphatic carbocycles. The van der Waals surface area contributed by atoms with Crippen LogP contribution >= 0.6 is 0 Å². The van der Waals surface area contributed by atoms with Crippen LogP contribution in [0.1, 0.15) is 38.2 Å². The molecule has 1 aromatic carbocycles. The van der Waals surface area contributed by atoms with E-state index in [0.29, 0.717) is 24.3 Å². The topological polar surface area (TPSA) is 61.4 Å². The highest BCUT2D eigenvalue weighted by Gasteiger charge is 2.22. The molecule has 1 saturated heterocycles. The lowest BCUT2D eigenvalue weighted by Gasteiger charge is -2.32. The quantitative estimate of drug-likeness (QED) is 0.385. The monoisotopic (exact) mass is 391 g/mol. The molecule has 0 spiro atoms. The van der Waals surface area contributed by atoms with Crippen LogP contribution in [0, 0.1) is 11.7 Å². The standard InChI is InChI=1S/C20H26FNO2.C2H8N2/c1-2-16(9-12-23)15-22-10-7-17(8-11-22)13-19(24)14-18-5-3-4-6-20(18)21;1-3-4-2/h2-6,12,17H,7-11,13-15H2,1H3;3-4H,1-2H3/b16-2+;. The van der Waals surface area contributed by atoms with Crippen LogP contribution in [0.3, 0.4) is 0 Å². The number of carbonyl (C=O) groups excluding carboxylic acids is 2. The summed E-state index contributed by atoms with van der Waals surface area (Å²) in [6.45, 7) is 4.71. The molecule has 1 aliphatic heterocycles. The van der Waals surface area contributed by atoms with Gasteiger partial charge < -0.3 is 4.79 Å². The van der Waals surface area contributed by atoms with Crippen LogP contribution in [-0.4, -0.2) is 50.7 Å². The molecule has 2 N–H and O–H groups in total. The summed E-state index contributed by atoms with van der Waals surface area (Å²) < 4.78 is 13.6. The van der Waals surface area contributed by atoms with Gasteiger partial charge in [-0.15, -0.1) is 0 Å². The van der Waals surface area contributed by atoms with E-state index >= 15 is 0 Å². The molecule has 2 rings (SSSR count). The van der Waals surface area contributed by atoms with Crippen LogP contribution in [0.15, 0.2) is 35.9 Å². The van der Waals surface area contributed by atoms with Crippen LogP contribution in [0.4, 0.5) is 4.39 Å². The number of benzene rings is 1. The highest BCUT2D eigenvalue weighted by Crippen LogP contribution is 2.22. The molecule has 0 atom stereocenters. The van der Waals surface area contributed by atoms with E-state index in [1.165, 1.54) is 6.07 Å². The lowest BCUT2D eigenvalue weighted by Crippen LogP contribution is -2.35. The Balaban J connectivity index is 0.000000892. The fraction of sp³-hybridized carbons (Fsp3) is 0.545. The van der Waals surface area contributed by atoms with Crippen LogP contribution < -0.4 is 10.9 Å². The largest absolute Gasteiger partial charge is 0.303 e. The summed E-state index contributed by atoms with van der Waals surface area (Å²) >= 11 is 0. The summed E-state index contributed by atoms with van der Waals surface area (Å²) in [6.07, 6.45) is 6.16. The second-order valence-corrected chi connectivity index (χ2v) is 7.05. The average molecular weight is 392 g/mol. The van der Waals surface area contributed by atoms with E-state index in [-0.39, 0.29) is 18.0 Å². The Bertz CT molecular complexity index is 624. The first kappa shape index (κ1) is 24.1. The molecular formula is C22H34FN3O2. The fourth-order valence-corrected chi connectivity index (χ4v) is 3.26. The number of hydrazine groups is 1. The molecule has 0 unspecified atom stereocenters. The van der Waals surface area contributed by atoms with Gasteiger partial charge in [0.25, 0.3) is 0 Å². The third-order valence-corrected chi connectivity index (χ3v) is 5.00.